The van der Waals surface area contributed by atoms with Gasteiger partial charge in [0.1, 0.15) is 5.82 Å². The quantitative estimate of drug-likeness (QED) is 0.833. The van der Waals surface area contributed by atoms with Crippen molar-refractivity contribution in [2.45, 2.75) is 45.1 Å². The Morgan fingerprint density at radius 3 is 2.71 bits per heavy atom. The van der Waals surface area contributed by atoms with Crippen molar-refractivity contribution in [3.8, 4) is 0 Å². The van der Waals surface area contributed by atoms with E-state index in [1.54, 1.807) is 18.1 Å². The standard InChI is InChI=1S/C15H24N4O2/c1-10(2)14-17-9-12(16-3)13(18-14)15(21)19(7-8-20)11-5-4-6-11/h9-11,16,20H,4-8H2,1-3H3. The van der Waals surface area contributed by atoms with Crippen molar-refractivity contribution in [2.24, 2.45) is 0 Å². The molecule has 1 aliphatic carbocycles. The maximum atomic E-state index is 12.8. The summed E-state index contributed by atoms with van der Waals surface area (Å²) in [6.45, 7) is 4.33. The van der Waals surface area contributed by atoms with E-state index in [-0.39, 0.29) is 24.5 Å². The van der Waals surface area contributed by atoms with Crippen molar-refractivity contribution in [2.75, 3.05) is 25.5 Å². The smallest absolute Gasteiger partial charge is 0.275 e. The molecular formula is C15H24N4O2. The van der Waals surface area contributed by atoms with Gasteiger partial charge in [0.15, 0.2) is 5.69 Å². The van der Waals surface area contributed by atoms with Crippen LogP contribution >= 0.6 is 0 Å². The number of aliphatic hydroxyl groups is 1. The highest BCUT2D eigenvalue weighted by Gasteiger charge is 2.31. The van der Waals surface area contributed by atoms with Gasteiger partial charge in [0.25, 0.3) is 5.91 Å². The van der Waals surface area contributed by atoms with E-state index in [2.05, 4.69) is 15.3 Å². The third-order valence-corrected chi connectivity index (χ3v) is 3.91. The van der Waals surface area contributed by atoms with Crippen LogP contribution in [0.4, 0.5) is 5.69 Å². The van der Waals surface area contributed by atoms with Crippen molar-refractivity contribution in [3.63, 3.8) is 0 Å². The minimum absolute atomic E-state index is 0.0285. The fraction of sp³-hybridized carbons (Fsp3) is 0.667. The number of aliphatic hydroxyl groups excluding tert-OH is 1. The molecule has 1 fully saturated rings. The molecule has 0 radical (unpaired) electrons. The number of amides is 1. The van der Waals surface area contributed by atoms with Gasteiger partial charge in [-0.05, 0) is 19.3 Å². The molecule has 0 spiro atoms. The van der Waals surface area contributed by atoms with E-state index >= 15 is 0 Å². The second kappa shape index (κ2) is 6.85. The molecule has 21 heavy (non-hydrogen) atoms. The summed E-state index contributed by atoms with van der Waals surface area (Å²) in [5.41, 5.74) is 1.03. The van der Waals surface area contributed by atoms with Gasteiger partial charge in [-0.15, -0.1) is 0 Å². The van der Waals surface area contributed by atoms with Gasteiger partial charge in [0.2, 0.25) is 0 Å². The normalized spacial score (nSPS) is 14.9. The molecule has 1 heterocycles. The molecule has 1 saturated carbocycles. The molecule has 1 aliphatic rings. The fourth-order valence-corrected chi connectivity index (χ4v) is 2.41. The number of rotatable bonds is 6. The molecule has 6 heteroatoms. The van der Waals surface area contributed by atoms with Crippen molar-refractivity contribution in [1.82, 2.24) is 14.9 Å². The summed E-state index contributed by atoms with van der Waals surface area (Å²) in [6, 6.07) is 0.229. The van der Waals surface area contributed by atoms with Crippen LogP contribution in [0.1, 0.15) is 55.3 Å². The summed E-state index contributed by atoms with van der Waals surface area (Å²) in [6.07, 6.45) is 4.80. The highest BCUT2D eigenvalue weighted by molar-refractivity contribution is 5.97. The van der Waals surface area contributed by atoms with E-state index in [1.807, 2.05) is 13.8 Å². The van der Waals surface area contributed by atoms with Gasteiger partial charge in [-0.3, -0.25) is 4.79 Å². The lowest BCUT2D eigenvalue weighted by atomic mass is 9.91. The van der Waals surface area contributed by atoms with Crippen LogP contribution in [0.15, 0.2) is 6.20 Å². The molecule has 0 aromatic carbocycles. The first-order valence-electron chi connectivity index (χ1n) is 7.55. The van der Waals surface area contributed by atoms with Gasteiger partial charge < -0.3 is 15.3 Å². The average Bonchev–Trinajstić information content (AvgIpc) is 2.43. The number of carbonyl (C=O) groups excluding carboxylic acids is 1. The zero-order chi connectivity index (χ0) is 15.4. The summed E-state index contributed by atoms with van der Waals surface area (Å²) >= 11 is 0. The fourth-order valence-electron chi connectivity index (χ4n) is 2.41. The lowest BCUT2D eigenvalue weighted by molar-refractivity contribution is 0.0520. The van der Waals surface area contributed by atoms with Gasteiger partial charge in [-0.2, -0.15) is 0 Å². The molecule has 0 atom stereocenters. The molecule has 6 nitrogen and oxygen atoms in total. The second-order valence-electron chi connectivity index (χ2n) is 5.70. The number of hydrogen-bond donors (Lipinski definition) is 2. The largest absolute Gasteiger partial charge is 0.395 e. The highest BCUT2D eigenvalue weighted by Crippen LogP contribution is 2.27. The zero-order valence-corrected chi connectivity index (χ0v) is 13.0. The van der Waals surface area contributed by atoms with E-state index in [4.69, 9.17) is 0 Å². The van der Waals surface area contributed by atoms with Gasteiger partial charge in [-0.1, -0.05) is 13.8 Å². The summed E-state index contributed by atoms with van der Waals surface area (Å²) in [5.74, 6) is 0.703. The van der Waals surface area contributed by atoms with E-state index < -0.39 is 0 Å². The minimum atomic E-state index is -0.123. The Balaban J connectivity index is 2.32. The van der Waals surface area contributed by atoms with Crippen molar-refractivity contribution < 1.29 is 9.90 Å². The molecule has 1 aromatic heterocycles. The maximum Gasteiger partial charge on any atom is 0.275 e. The van der Waals surface area contributed by atoms with E-state index in [9.17, 15) is 9.90 Å². The van der Waals surface area contributed by atoms with Crippen LogP contribution in [-0.2, 0) is 0 Å². The van der Waals surface area contributed by atoms with Gasteiger partial charge in [0, 0.05) is 25.6 Å². The minimum Gasteiger partial charge on any atom is -0.395 e. The average molecular weight is 292 g/mol. The number of aromatic nitrogens is 2. The first-order valence-corrected chi connectivity index (χ1v) is 7.55. The highest BCUT2D eigenvalue weighted by atomic mass is 16.3. The second-order valence-corrected chi connectivity index (χ2v) is 5.70. The Labute approximate surface area is 125 Å². The van der Waals surface area contributed by atoms with Gasteiger partial charge >= 0.3 is 0 Å². The lowest BCUT2D eigenvalue weighted by Crippen LogP contribution is -2.46. The SMILES string of the molecule is CNc1cnc(C(C)C)nc1C(=O)N(CCO)C1CCC1. The Morgan fingerprint density at radius 2 is 2.24 bits per heavy atom. The Hall–Kier alpha value is -1.69. The third kappa shape index (κ3) is 3.32. The molecule has 2 rings (SSSR count). The summed E-state index contributed by atoms with van der Waals surface area (Å²) in [7, 11) is 1.75. The van der Waals surface area contributed by atoms with Crippen molar-refractivity contribution in [1.29, 1.82) is 0 Å². The van der Waals surface area contributed by atoms with Crippen LogP contribution in [0.5, 0.6) is 0 Å². The molecule has 0 unspecified atom stereocenters. The lowest BCUT2D eigenvalue weighted by Gasteiger charge is -2.37. The number of nitrogens with zero attached hydrogens (tertiary/aromatic N) is 3. The van der Waals surface area contributed by atoms with E-state index in [1.165, 1.54) is 0 Å². The van der Waals surface area contributed by atoms with Gasteiger partial charge in [0.05, 0.1) is 18.5 Å². The Bertz CT molecular complexity index is 500. The van der Waals surface area contributed by atoms with Crippen molar-refractivity contribution in [3.05, 3.63) is 17.7 Å². The molecule has 116 valence electrons. The van der Waals surface area contributed by atoms with Crippen LogP contribution in [0, 0.1) is 0 Å². The predicted octanol–water partition coefficient (Wildman–Crippen LogP) is 1.63. The first-order chi connectivity index (χ1) is 10.1. The molecule has 2 N–H and O–H groups in total. The molecule has 1 aromatic rings. The predicted molar refractivity (Wildman–Crippen MR) is 81.4 cm³/mol. The summed E-state index contributed by atoms with van der Waals surface area (Å²) < 4.78 is 0. The third-order valence-electron chi connectivity index (χ3n) is 3.91. The molecule has 0 aliphatic heterocycles. The molecular weight excluding hydrogens is 268 g/mol. The number of carbonyl (C=O) groups is 1. The summed E-state index contributed by atoms with van der Waals surface area (Å²) in [5, 5.41) is 12.2. The van der Waals surface area contributed by atoms with Crippen LogP contribution in [0.3, 0.4) is 0 Å². The zero-order valence-electron chi connectivity index (χ0n) is 13.0. The first kappa shape index (κ1) is 15.7. The summed E-state index contributed by atoms with van der Waals surface area (Å²) in [4.78, 5) is 23.3. The number of nitrogens with one attached hydrogen (secondary N) is 1. The Morgan fingerprint density at radius 1 is 1.52 bits per heavy atom. The monoisotopic (exact) mass is 292 g/mol. The topological polar surface area (TPSA) is 78.4 Å². The Kier molecular flexibility index (Phi) is 5.12. The van der Waals surface area contributed by atoms with Crippen LogP contribution in [-0.4, -0.2) is 52.1 Å². The number of hydrogen-bond acceptors (Lipinski definition) is 5. The van der Waals surface area contributed by atoms with Crippen molar-refractivity contribution >= 4 is 11.6 Å². The number of anilines is 1. The maximum absolute atomic E-state index is 12.8. The van der Waals surface area contributed by atoms with E-state index in [0.717, 1.165) is 19.3 Å². The molecule has 1 amide bonds. The van der Waals surface area contributed by atoms with Crippen LogP contribution in [0.2, 0.25) is 0 Å². The molecule has 0 saturated heterocycles. The van der Waals surface area contributed by atoms with Crippen LogP contribution < -0.4 is 5.32 Å². The van der Waals surface area contributed by atoms with E-state index in [0.29, 0.717) is 23.8 Å². The van der Waals surface area contributed by atoms with Gasteiger partial charge in [-0.25, -0.2) is 9.97 Å². The van der Waals surface area contributed by atoms with Crippen LogP contribution in [0.25, 0.3) is 0 Å². The molecule has 0 bridgehead atoms.